The van der Waals surface area contributed by atoms with Crippen molar-refractivity contribution in [1.29, 1.82) is 0 Å². The molecule has 0 aliphatic heterocycles. The van der Waals surface area contributed by atoms with Crippen LogP contribution in [0.1, 0.15) is 13.3 Å². The van der Waals surface area contributed by atoms with Crippen molar-refractivity contribution in [2.45, 2.75) is 52.6 Å². The summed E-state index contributed by atoms with van der Waals surface area (Å²) in [6.45, 7) is 15.8. The Balaban J connectivity index is 5.70. The molecule has 0 atom stereocenters. The average Bonchev–Trinajstić information content (AvgIpc) is 2.11. The third kappa shape index (κ3) is 5.67. The summed E-state index contributed by atoms with van der Waals surface area (Å²) in [6, 6.07) is 0. The van der Waals surface area contributed by atoms with Crippen molar-refractivity contribution in [3.63, 3.8) is 0 Å². The maximum atomic E-state index is 6.29. The lowest BCUT2D eigenvalue weighted by Crippen LogP contribution is -2.38. The lowest BCUT2D eigenvalue weighted by Gasteiger charge is -2.31. The van der Waals surface area contributed by atoms with E-state index >= 15 is 0 Å². The molecule has 0 aromatic carbocycles. The van der Waals surface area contributed by atoms with Crippen LogP contribution in [0, 0.1) is 0 Å². The molecule has 0 amide bonds. The van der Waals surface area contributed by atoms with E-state index in [2.05, 4.69) is 46.2 Å². The molecule has 0 bridgehead atoms. The third-order valence-electron chi connectivity index (χ3n) is 2.40. The molecular weight excluding hydrogens is 274 g/mol. The minimum atomic E-state index is -1.58. The van der Waals surface area contributed by atoms with Crippen molar-refractivity contribution in [3.05, 3.63) is 11.0 Å². The zero-order valence-corrected chi connectivity index (χ0v) is 16.3. The molecule has 106 valence electrons. The quantitative estimate of drug-likeness (QED) is 0.326. The van der Waals surface area contributed by atoms with Crippen LogP contribution < -0.4 is 0 Å². The molecule has 0 saturated heterocycles. The van der Waals surface area contributed by atoms with Gasteiger partial charge in [0.2, 0.25) is 8.32 Å². The number of nitrogens with zero attached hydrogens (tertiary/aromatic N) is 1. The Kier molecular flexibility index (Phi) is 6.30. The fourth-order valence-electron chi connectivity index (χ4n) is 1.75. The van der Waals surface area contributed by atoms with Crippen LogP contribution in [-0.4, -0.2) is 40.4 Å². The van der Waals surface area contributed by atoms with Crippen molar-refractivity contribution in [2.24, 2.45) is 0 Å². The second-order valence-corrected chi connectivity index (χ2v) is 16.6. The van der Waals surface area contributed by atoms with Gasteiger partial charge in [0.25, 0.3) is 0 Å². The highest BCUT2D eigenvalue weighted by molar-refractivity contribution is 7.81. The summed E-state index contributed by atoms with van der Waals surface area (Å²) in [4.78, 5) is 2.98. The monoisotopic (exact) mass is 303 g/mol. The second kappa shape index (κ2) is 6.34. The van der Waals surface area contributed by atoms with Crippen molar-refractivity contribution >= 4 is 33.6 Å². The Bertz CT molecular complexity index is 338. The fourth-order valence-corrected chi connectivity index (χ4v) is 5.80. The number of likely N-dealkylation sites (N-methyl/N-ethyl adjacent to an activating group) is 1. The first-order chi connectivity index (χ1) is 7.90. The van der Waals surface area contributed by atoms with Crippen LogP contribution in [0.5, 0.6) is 0 Å². The number of hydrogen-bond acceptors (Lipinski definition) is 2. The summed E-state index contributed by atoms with van der Waals surface area (Å²) in [6.07, 6.45) is 0.928. The van der Waals surface area contributed by atoms with Gasteiger partial charge in [0.15, 0.2) is 0 Å². The Labute approximate surface area is 121 Å². The SMILES string of the molecule is CC/C(O[Si](C)(C)C)=C(/C(=S)N(C)C)[Si](C)(C)C. The van der Waals surface area contributed by atoms with Gasteiger partial charge < -0.3 is 9.33 Å². The molecule has 0 unspecified atom stereocenters. The lowest BCUT2D eigenvalue weighted by molar-refractivity contribution is 0.403. The molecule has 2 nitrogen and oxygen atoms in total. The predicted molar refractivity (Wildman–Crippen MR) is 91.4 cm³/mol. The highest BCUT2D eigenvalue weighted by atomic mass is 32.1. The van der Waals surface area contributed by atoms with Crippen molar-refractivity contribution in [1.82, 2.24) is 4.90 Å². The average molecular weight is 304 g/mol. The number of allylic oxidation sites excluding steroid dienone is 1. The summed E-state index contributed by atoms with van der Waals surface area (Å²) in [5.41, 5.74) is 0. The normalized spacial score (nSPS) is 14.1. The summed E-state index contributed by atoms with van der Waals surface area (Å²) < 4.78 is 6.29. The first kappa shape index (κ1) is 17.9. The first-order valence-corrected chi connectivity index (χ1v) is 13.9. The molecule has 0 radical (unpaired) electrons. The van der Waals surface area contributed by atoms with Crippen molar-refractivity contribution < 1.29 is 4.43 Å². The lowest BCUT2D eigenvalue weighted by atomic mass is 10.3. The molecule has 0 fully saturated rings. The van der Waals surface area contributed by atoms with E-state index in [4.69, 9.17) is 16.6 Å². The topological polar surface area (TPSA) is 12.5 Å². The fraction of sp³-hybridized carbons (Fsp3) is 0.769. The Morgan fingerprint density at radius 1 is 1.06 bits per heavy atom. The van der Waals surface area contributed by atoms with Crippen molar-refractivity contribution in [2.75, 3.05) is 14.1 Å². The van der Waals surface area contributed by atoms with Gasteiger partial charge in [0.05, 0.1) is 13.8 Å². The van der Waals surface area contributed by atoms with E-state index in [1.54, 1.807) is 0 Å². The van der Waals surface area contributed by atoms with E-state index < -0.39 is 16.4 Å². The van der Waals surface area contributed by atoms with Crippen LogP contribution in [0.15, 0.2) is 11.0 Å². The van der Waals surface area contributed by atoms with Crippen LogP contribution in [0.4, 0.5) is 0 Å². The molecular formula is C13H29NOSSi2. The largest absolute Gasteiger partial charge is 0.547 e. The highest BCUT2D eigenvalue weighted by Gasteiger charge is 2.30. The predicted octanol–water partition coefficient (Wildman–Crippen LogP) is 4.27. The van der Waals surface area contributed by atoms with Gasteiger partial charge in [-0.1, -0.05) is 38.8 Å². The van der Waals surface area contributed by atoms with Gasteiger partial charge in [0.1, 0.15) is 4.99 Å². The summed E-state index contributed by atoms with van der Waals surface area (Å²) in [5, 5.41) is 1.31. The van der Waals surface area contributed by atoms with Crippen LogP contribution >= 0.6 is 12.2 Å². The van der Waals surface area contributed by atoms with Crippen molar-refractivity contribution in [3.8, 4) is 0 Å². The molecule has 0 aromatic rings. The molecule has 0 heterocycles. The van der Waals surface area contributed by atoms with Gasteiger partial charge in [-0.25, -0.2) is 0 Å². The molecule has 0 rings (SSSR count). The Hall–Kier alpha value is -0.136. The molecule has 0 saturated carbocycles. The van der Waals surface area contributed by atoms with Gasteiger partial charge >= 0.3 is 0 Å². The molecule has 5 heteroatoms. The minimum Gasteiger partial charge on any atom is -0.547 e. The standard InChI is InChI=1S/C13H29NOSSi2/c1-10-11(15-18(7,8)9)12(17(4,5)6)13(16)14(2)3/h10H2,1-9H3/b12-11+. The Morgan fingerprint density at radius 2 is 1.50 bits per heavy atom. The van der Waals surface area contributed by atoms with Gasteiger partial charge in [-0.05, 0) is 19.6 Å². The van der Waals surface area contributed by atoms with Crippen LogP contribution in [0.3, 0.4) is 0 Å². The molecule has 0 aromatic heterocycles. The zero-order chi connectivity index (χ0) is 14.7. The van der Waals surface area contributed by atoms with Gasteiger partial charge in [-0.2, -0.15) is 0 Å². The number of rotatable bonds is 5. The van der Waals surface area contributed by atoms with Crippen LogP contribution in [0.2, 0.25) is 39.3 Å². The zero-order valence-electron chi connectivity index (χ0n) is 13.5. The van der Waals surface area contributed by atoms with E-state index in [-0.39, 0.29) is 0 Å². The second-order valence-electron chi connectivity index (χ2n) is 6.82. The smallest absolute Gasteiger partial charge is 0.241 e. The highest BCUT2D eigenvalue weighted by Crippen LogP contribution is 2.26. The Morgan fingerprint density at radius 3 is 1.72 bits per heavy atom. The minimum absolute atomic E-state index is 0.928. The molecule has 0 spiro atoms. The molecule has 0 N–H and O–H groups in total. The maximum absolute atomic E-state index is 6.29. The molecule has 0 aliphatic rings. The maximum Gasteiger partial charge on any atom is 0.241 e. The van der Waals surface area contributed by atoms with Gasteiger partial charge in [-0.3, -0.25) is 0 Å². The van der Waals surface area contributed by atoms with E-state index in [9.17, 15) is 0 Å². The summed E-state index contributed by atoms with van der Waals surface area (Å²) in [5.74, 6) is 1.13. The summed E-state index contributed by atoms with van der Waals surface area (Å²) >= 11 is 5.62. The van der Waals surface area contributed by atoms with E-state index in [0.29, 0.717) is 0 Å². The third-order valence-corrected chi connectivity index (χ3v) is 6.02. The number of thiocarbonyl (C=S) groups is 1. The number of hydrogen-bond donors (Lipinski definition) is 0. The summed E-state index contributed by atoms with van der Waals surface area (Å²) in [7, 11) is 0.957. The van der Waals surface area contributed by atoms with Crippen LogP contribution in [0.25, 0.3) is 0 Å². The van der Waals surface area contributed by atoms with Gasteiger partial charge in [0, 0.05) is 25.7 Å². The van der Waals surface area contributed by atoms with Crippen LogP contribution in [-0.2, 0) is 4.43 Å². The van der Waals surface area contributed by atoms with Gasteiger partial charge in [-0.15, -0.1) is 0 Å². The first-order valence-electron chi connectivity index (χ1n) is 6.54. The molecule has 18 heavy (non-hydrogen) atoms. The van der Waals surface area contributed by atoms with E-state index in [0.717, 1.165) is 17.2 Å². The molecule has 0 aliphatic carbocycles. The van der Waals surface area contributed by atoms with E-state index in [1.165, 1.54) is 5.20 Å². The van der Waals surface area contributed by atoms with E-state index in [1.807, 2.05) is 19.0 Å².